The Labute approximate surface area is 168 Å². The zero-order valence-electron chi connectivity index (χ0n) is 17.0. The van der Waals surface area contributed by atoms with Crippen LogP contribution >= 0.6 is 0 Å². The molecule has 9 nitrogen and oxygen atoms in total. The van der Waals surface area contributed by atoms with Crippen LogP contribution in [0, 0.1) is 20.8 Å². The fraction of sp³-hybridized carbons (Fsp3) is 0.400. The first-order valence-electron chi connectivity index (χ1n) is 9.52. The molecule has 0 aliphatic carbocycles. The first-order chi connectivity index (χ1) is 13.8. The van der Waals surface area contributed by atoms with E-state index in [1.54, 1.807) is 24.9 Å². The Hall–Kier alpha value is -3.36. The van der Waals surface area contributed by atoms with Crippen LogP contribution < -0.4 is 5.32 Å². The van der Waals surface area contributed by atoms with Crippen molar-refractivity contribution in [2.75, 3.05) is 13.6 Å². The molecule has 1 aliphatic rings. The summed E-state index contributed by atoms with van der Waals surface area (Å²) in [7, 11) is 1.75. The summed E-state index contributed by atoms with van der Waals surface area (Å²) in [5.41, 5.74) is 3.53. The Morgan fingerprint density at radius 3 is 2.86 bits per heavy atom. The van der Waals surface area contributed by atoms with Crippen LogP contribution in [-0.2, 0) is 13.1 Å². The highest BCUT2D eigenvalue weighted by Gasteiger charge is 2.30. The number of amides is 2. The van der Waals surface area contributed by atoms with Crippen LogP contribution in [0.2, 0.25) is 0 Å². The van der Waals surface area contributed by atoms with Gasteiger partial charge in [-0.25, -0.2) is 0 Å². The lowest BCUT2D eigenvalue weighted by molar-refractivity contribution is 0.0644. The molecule has 0 aromatic carbocycles. The summed E-state index contributed by atoms with van der Waals surface area (Å²) in [4.78, 5) is 26.9. The smallest absolute Gasteiger partial charge is 0.273 e. The van der Waals surface area contributed by atoms with Crippen molar-refractivity contribution in [3.05, 3.63) is 58.5 Å². The second kappa shape index (κ2) is 7.23. The fourth-order valence-corrected chi connectivity index (χ4v) is 3.70. The molecule has 152 valence electrons. The number of nitrogens with zero attached hydrogens (tertiary/aromatic N) is 5. The summed E-state index contributed by atoms with van der Waals surface area (Å²) in [6.07, 6.45) is 1.88. The molecule has 0 saturated heterocycles. The lowest BCUT2D eigenvalue weighted by Gasteiger charge is -2.33. The van der Waals surface area contributed by atoms with Crippen molar-refractivity contribution in [2.24, 2.45) is 0 Å². The summed E-state index contributed by atoms with van der Waals surface area (Å²) in [5, 5.41) is 11.3. The zero-order chi connectivity index (χ0) is 20.7. The first kappa shape index (κ1) is 19.0. The van der Waals surface area contributed by atoms with E-state index in [0.29, 0.717) is 36.7 Å². The maximum atomic E-state index is 12.8. The molecule has 0 radical (unpaired) electrons. The molecule has 1 aliphatic heterocycles. The van der Waals surface area contributed by atoms with Gasteiger partial charge in [-0.2, -0.15) is 5.10 Å². The van der Waals surface area contributed by atoms with Crippen LogP contribution in [0.15, 0.2) is 28.9 Å². The van der Waals surface area contributed by atoms with E-state index in [1.807, 2.05) is 41.4 Å². The molecule has 0 fully saturated rings. The van der Waals surface area contributed by atoms with Crippen molar-refractivity contribution in [1.29, 1.82) is 0 Å². The molecule has 9 heteroatoms. The second-order valence-corrected chi connectivity index (χ2v) is 7.48. The van der Waals surface area contributed by atoms with Gasteiger partial charge in [0.2, 0.25) is 0 Å². The van der Waals surface area contributed by atoms with E-state index in [1.165, 1.54) is 0 Å². The molecular formula is C20H24N6O3. The molecule has 0 saturated carbocycles. The first-order valence-corrected chi connectivity index (χ1v) is 9.52. The van der Waals surface area contributed by atoms with Gasteiger partial charge in [-0.15, -0.1) is 0 Å². The normalized spacial score (nSPS) is 16.2. The van der Waals surface area contributed by atoms with Gasteiger partial charge in [0.15, 0.2) is 5.69 Å². The summed E-state index contributed by atoms with van der Waals surface area (Å²) in [5.74, 6) is 0.213. The van der Waals surface area contributed by atoms with Crippen molar-refractivity contribution >= 4 is 11.8 Å². The van der Waals surface area contributed by atoms with Crippen molar-refractivity contribution in [2.45, 2.75) is 39.9 Å². The minimum absolute atomic E-state index is 0.0528. The van der Waals surface area contributed by atoms with E-state index < -0.39 is 0 Å². The third-order valence-corrected chi connectivity index (χ3v) is 5.43. The number of rotatable bonds is 5. The maximum absolute atomic E-state index is 12.8. The largest absolute Gasteiger partial charge is 0.361 e. The summed E-state index contributed by atoms with van der Waals surface area (Å²) < 4.78 is 9.02. The predicted octanol–water partition coefficient (Wildman–Crippen LogP) is 1.53. The minimum Gasteiger partial charge on any atom is -0.361 e. The number of fused-ring (bicyclic) bond motifs is 1. The predicted molar refractivity (Wildman–Crippen MR) is 105 cm³/mol. The molecule has 0 bridgehead atoms. The number of likely N-dealkylation sites (N-methyl/N-ethyl adjacent to an activating group) is 1. The van der Waals surface area contributed by atoms with E-state index in [2.05, 4.69) is 15.6 Å². The van der Waals surface area contributed by atoms with Gasteiger partial charge in [0.1, 0.15) is 11.5 Å². The Bertz CT molecular complexity index is 1080. The van der Waals surface area contributed by atoms with Gasteiger partial charge in [-0.1, -0.05) is 5.16 Å². The summed E-state index contributed by atoms with van der Waals surface area (Å²) in [6, 6.07) is 5.50. The van der Waals surface area contributed by atoms with Crippen LogP contribution in [0.4, 0.5) is 0 Å². The zero-order valence-corrected chi connectivity index (χ0v) is 17.0. The average Bonchev–Trinajstić information content (AvgIpc) is 3.37. The topological polar surface area (TPSA) is 98.2 Å². The SMILES string of the molecule is Cc1cc(C)n(Cc2c(C(=O)NCC3Cn4cccc4C(=O)N3C)noc2C)n1. The van der Waals surface area contributed by atoms with E-state index in [9.17, 15) is 9.59 Å². The standard InChI is InChI=1S/C20H24N6O3/c1-12-8-13(2)26(22-12)11-16-14(3)29-23-18(16)19(27)21-9-15-10-25-7-5-6-17(25)20(28)24(15)4/h5-8,15H,9-11H2,1-4H3,(H,21,27). The lowest BCUT2D eigenvalue weighted by atomic mass is 10.1. The highest BCUT2D eigenvalue weighted by molar-refractivity contribution is 5.95. The van der Waals surface area contributed by atoms with Gasteiger partial charge < -0.3 is 19.3 Å². The fourth-order valence-electron chi connectivity index (χ4n) is 3.70. The molecular weight excluding hydrogens is 372 g/mol. The Morgan fingerprint density at radius 1 is 1.34 bits per heavy atom. The van der Waals surface area contributed by atoms with Gasteiger partial charge >= 0.3 is 0 Å². The quantitative estimate of drug-likeness (QED) is 0.705. The van der Waals surface area contributed by atoms with Gasteiger partial charge in [0, 0.05) is 37.6 Å². The second-order valence-electron chi connectivity index (χ2n) is 7.48. The molecule has 4 rings (SSSR count). The Balaban J connectivity index is 1.47. The highest BCUT2D eigenvalue weighted by atomic mass is 16.5. The van der Waals surface area contributed by atoms with Gasteiger partial charge in [0.25, 0.3) is 11.8 Å². The number of aromatic nitrogens is 4. The molecule has 1 unspecified atom stereocenters. The van der Waals surface area contributed by atoms with Crippen LogP contribution in [0.3, 0.4) is 0 Å². The number of carbonyl (C=O) groups excluding carboxylic acids is 2. The molecule has 4 heterocycles. The molecule has 1 atom stereocenters. The minimum atomic E-state index is -0.322. The number of carbonyl (C=O) groups is 2. The highest BCUT2D eigenvalue weighted by Crippen LogP contribution is 2.18. The maximum Gasteiger partial charge on any atom is 0.273 e. The number of nitrogens with one attached hydrogen (secondary N) is 1. The molecule has 1 N–H and O–H groups in total. The van der Waals surface area contributed by atoms with Gasteiger partial charge in [0.05, 0.1) is 18.3 Å². The van der Waals surface area contributed by atoms with Crippen LogP contribution in [-0.4, -0.2) is 55.9 Å². The van der Waals surface area contributed by atoms with Gasteiger partial charge in [-0.3, -0.25) is 14.3 Å². The van der Waals surface area contributed by atoms with Crippen molar-refractivity contribution in [1.82, 2.24) is 29.7 Å². The monoisotopic (exact) mass is 396 g/mol. The van der Waals surface area contributed by atoms with E-state index in [-0.39, 0.29) is 23.6 Å². The van der Waals surface area contributed by atoms with Crippen molar-refractivity contribution in [3.63, 3.8) is 0 Å². The lowest BCUT2D eigenvalue weighted by Crippen LogP contribution is -2.50. The Morgan fingerprint density at radius 2 is 2.14 bits per heavy atom. The summed E-state index contributed by atoms with van der Waals surface area (Å²) in [6.45, 7) is 7.03. The van der Waals surface area contributed by atoms with E-state index in [0.717, 1.165) is 11.4 Å². The third kappa shape index (κ3) is 3.43. The number of hydrogen-bond donors (Lipinski definition) is 1. The van der Waals surface area contributed by atoms with Gasteiger partial charge in [-0.05, 0) is 39.0 Å². The van der Waals surface area contributed by atoms with Crippen molar-refractivity contribution < 1.29 is 14.1 Å². The number of hydrogen-bond acceptors (Lipinski definition) is 5. The van der Waals surface area contributed by atoms with Crippen LogP contribution in [0.25, 0.3) is 0 Å². The molecule has 2 amide bonds. The Kier molecular flexibility index (Phi) is 4.73. The molecule has 3 aromatic rings. The third-order valence-electron chi connectivity index (χ3n) is 5.43. The van der Waals surface area contributed by atoms with Crippen molar-refractivity contribution in [3.8, 4) is 0 Å². The summed E-state index contributed by atoms with van der Waals surface area (Å²) >= 11 is 0. The number of aryl methyl sites for hydroxylation is 3. The molecule has 3 aromatic heterocycles. The molecule has 0 spiro atoms. The van der Waals surface area contributed by atoms with E-state index in [4.69, 9.17) is 4.52 Å². The van der Waals surface area contributed by atoms with Crippen LogP contribution in [0.1, 0.15) is 43.7 Å². The molecule has 29 heavy (non-hydrogen) atoms. The van der Waals surface area contributed by atoms with Crippen LogP contribution in [0.5, 0.6) is 0 Å². The van der Waals surface area contributed by atoms with E-state index >= 15 is 0 Å². The average molecular weight is 396 g/mol.